The Hall–Kier alpha value is -3.14. The van der Waals surface area contributed by atoms with E-state index in [1.807, 2.05) is 0 Å². The summed E-state index contributed by atoms with van der Waals surface area (Å²) in [7, 11) is -8.25. The van der Waals surface area contributed by atoms with Crippen LogP contribution in [-0.2, 0) is 20.0 Å². The third-order valence-corrected chi connectivity index (χ3v) is 7.10. The average molecular weight is 474 g/mol. The van der Waals surface area contributed by atoms with Crippen LogP contribution in [0, 0.1) is 20.2 Å². The van der Waals surface area contributed by atoms with Crippen LogP contribution in [0.5, 0.6) is 11.5 Å². The van der Waals surface area contributed by atoms with Crippen LogP contribution >= 0.6 is 0 Å². The minimum atomic E-state index is -4.24. The fourth-order valence-electron chi connectivity index (χ4n) is 2.62. The highest BCUT2D eigenvalue weighted by Crippen LogP contribution is 2.38. The summed E-state index contributed by atoms with van der Waals surface area (Å²) in [4.78, 5) is 20.0. The second-order valence-electron chi connectivity index (χ2n) is 6.01. The van der Waals surface area contributed by atoms with Crippen LogP contribution in [0.1, 0.15) is 13.8 Å². The smallest absolute Gasteiger partial charge is 0.312 e. The van der Waals surface area contributed by atoms with Crippen molar-refractivity contribution in [2.24, 2.45) is 5.14 Å². The molecule has 168 valence electrons. The Morgan fingerprint density at radius 2 is 1.29 bits per heavy atom. The molecule has 15 heteroatoms. The van der Waals surface area contributed by atoms with Crippen molar-refractivity contribution in [2.45, 2.75) is 23.6 Å². The van der Waals surface area contributed by atoms with Gasteiger partial charge >= 0.3 is 11.4 Å². The van der Waals surface area contributed by atoms with Gasteiger partial charge in [-0.2, -0.15) is 4.31 Å². The lowest BCUT2D eigenvalue weighted by molar-refractivity contribution is -0.387. The second kappa shape index (κ2) is 8.93. The minimum absolute atomic E-state index is 0.146. The summed E-state index contributed by atoms with van der Waals surface area (Å²) < 4.78 is 54.5. The first-order chi connectivity index (χ1) is 14.3. The van der Waals surface area contributed by atoms with Gasteiger partial charge in [-0.1, -0.05) is 13.8 Å². The van der Waals surface area contributed by atoms with Crippen LogP contribution in [-0.4, -0.2) is 44.1 Å². The van der Waals surface area contributed by atoms with Crippen molar-refractivity contribution in [1.82, 2.24) is 4.31 Å². The quantitative estimate of drug-likeness (QED) is 0.417. The van der Waals surface area contributed by atoms with Gasteiger partial charge in [0.2, 0.25) is 31.5 Å². The molecule has 0 aliphatic heterocycles. The van der Waals surface area contributed by atoms with Crippen molar-refractivity contribution < 1.29 is 31.4 Å². The molecule has 0 aliphatic carbocycles. The summed E-state index contributed by atoms with van der Waals surface area (Å²) in [6, 6.07) is 5.35. The summed E-state index contributed by atoms with van der Waals surface area (Å²) in [5, 5.41) is 27.8. The second-order valence-corrected chi connectivity index (χ2v) is 9.51. The lowest BCUT2D eigenvalue weighted by atomic mass is 10.2. The molecule has 2 N–H and O–H groups in total. The van der Waals surface area contributed by atoms with Crippen LogP contribution < -0.4 is 9.88 Å². The van der Waals surface area contributed by atoms with Gasteiger partial charge in [-0.3, -0.25) is 20.2 Å². The molecule has 0 amide bonds. The van der Waals surface area contributed by atoms with Crippen molar-refractivity contribution in [3.8, 4) is 11.5 Å². The molecular weight excluding hydrogens is 456 g/mol. The van der Waals surface area contributed by atoms with Crippen molar-refractivity contribution in [2.75, 3.05) is 13.1 Å². The van der Waals surface area contributed by atoms with Crippen LogP contribution in [0.25, 0.3) is 0 Å². The summed E-state index contributed by atoms with van der Waals surface area (Å²) in [5.41, 5.74) is -1.56. The third kappa shape index (κ3) is 5.13. The normalized spacial score (nSPS) is 12.0. The number of nitrogens with zero attached hydrogens (tertiary/aromatic N) is 3. The molecule has 0 unspecified atom stereocenters. The first kappa shape index (κ1) is 24.1. The summed E-state index contributed by atoms with van der Waals surface area (Å²) in [5.74, 6) is -0.977. The zero-order valence-electron chi connectivity index (χ0n) is 16.3. The Morgan fingerprint density at radius 1 is 0.871 bits per heavy atom. The first-order valence-electron chi connectivity index (χ1n) is 8.60. The molecule has 2 aromatic carbocycles. The van der Waals surface area contributed by atoms with Gasteiger partial charge in [0.25, 0.3) is 0 Å². The fraction of sp³-hybridized carbons (Fsp3) is 0.250. The number of benzene rings is 2. The number of rotatable bonds is 9. The molecule has 0 heterocycles. The zero-order valence-corrected chi connectivity index (χ0v) is 17.9. The van der Waals surface area contributed by atoms with Crippen LogP contribution in [0.3, 0.4) is 0 Å². The molecule has 0 aliphatic rings. The Balaban J connectivity index is 2.59. The van der Waals surface area contributed by atoms with E-state index in [1.54, 1.807) is 13.8 Å². The van der Waals surface area contributed by atoms with Gasteiger partial charge in [-0.25, -0.2) is 22.0 Å². The number of primary sulfonamides is 1. The molecule has 13 nitrogen and oxygen atoms in total. The van der Waals surface area contributed by atoms with E-state index in [0.717, 1.165) is 34.6 Å². The van der Waals surface area contributed by atoms with Crippen molar-refractivity contribution in [3.05, 3.63) is 56.6 Å². The topological polar surface area (TPSA) is 193 Å². The molecule has 0 saturated carbocycles. The van der Waals surface area contributed by atoms with E-state index in [9.17, 15) is 37.1 Å². The largest absolute Gasteiger partial charge is 0.443 e. The molecule has 0 aromatic heterocycles. The molecule has 0 fully saturated rings. The predicted molar refractivity (Wildman–Crippen MR) is 108 cm³/mol. The van der Waals surface area contributed by atoms with Gasteiger partial charge < -0.3 is 4.74 Å². The van der Waals surface area contributed by atoms with E-state index < -0.39 is 57.7 Å². The first-order valence-corrected chi connectivity index (χ1v) is 11.6. The Bertz CT molecular complexity index is 1240. The number of hydrogen-bond donors (Lipinski definition) is 1. The van der Waals surface area contributed by atoms with Gasteiger partial charge in [-0.15, -0.1) is 0 Å². The van der Waals surface area contributed by atoms with E-state index >= 15 is 0 Å². The van der Waals surface area contributed by atoms with Crippen LogP contribution in [0.15, 0.2) is 46.2 Å². The Morgan fingerprint density at radius 3 is 1.68 bits per heavy atom. The lowest BCUT2D eigenvalue weighted by Gasteiger charge is -2.18. The molecule has 0 bridgehead atoms. The maximum atomic E-state index is 12.6. The number of sulfonamides is 2. The molecule has 31 heavy (non-hydrogen) atoms. The number of nitrogens with two attached hydrogens (primary N) is 1. The maximum absolute atomic E-state index is 12.6. The average Bonchev–Trinajstić information content (AvgIpc) is 2.67. The lowest BCUT2D eigenvalue weighted by Crippen LogP contribution is -2.30. The van der Waals surface area contributed by atoms with Crippen molar-refractivity contribution in [3.63, 3.8) is 0 Å². The van der Waals surface area contributed by atoms with E-state index in [2.05, 4.69) is 0 Å². The highest BCUT2D eigenvalue weighted by atomic mass is 32.2. The minimum Gasteiger partial charge on any atom is -0.443 e. The molecule has 0 radical (unpaired) electrons. The summed E-state index contributed by atoms with van der Waals surface area (Å²) in [6.07, 6.45) is 0. The van der Waals surface area contributed by atoms with E-state index in [4.69, 9.17) is 9.88 Å². The van der Waals surface area contributed by atoms with Gasteiger partial charge in [-0.05, 0) is 24.3 Å². The Labute approximate surface area is 177 Å². The highest BCUT2D eigenvalue weighted by molar-refractivity contribution is 7.89. The van der Waals surface area contributed by atoms with Gasteiger partial charge in [0.05, 0.1) is 19.6 Å². The number of hydrogen-bond acceptors (Lipinski definition) is 9. The van der Waals surface area contributed by atoms with E-state index in [-0.39, 0.29) is 18.0 Å². The van der Waals surface area contributed by atoms with Gasteiger partial charge in [0.15, 0.2) is 0 Å². The monoisotopic (exact) mass is 474 g/mol. The zero-order chi connectivity index (χ0) is 23.6. The molecule has 0 atom stereocenters. The SMILES string of the molecule is CCN(CC)S(=O)(=O)c1ccc(Oc2ccc(S(N)(=O)=O)cc2[N+](=O)[O-])c([N+](=O)[O-])c1. The van der Waals surface area contributed by atoms with Gasteiger partial charge in [0.1, 0.15) is 0 Å². The Kier molecular flexibility index (Phi) is 6.95. The van der Waals surface area contributed by atoms with E-state index in [0.29, 0.717) is 6.07 Å². The summed E-state index contributed by atoms with van der Waals surface area (Å²) >= 11 is 0. The molecule has 2 rings (SSSR count). The standard InChI is InChI=1S/C16H18N4O9S2/c1-3-18(4-2)31(27,28)12-6-8-16(14(10-12)20(23)24)29-15-7-5-11(30(17,25)26)9-13(15)19(21)22/h5-10H,3-4H2,1-2H3,(H2,17,25,26). The fourth-order valence-corrected chi connectivity index (χ4v) is 4.63. The molecule has 0 saturated heterocycles. The maximum Gasteiger partial charge on any atom is 0.312 e. The highest BCUT2D eigenvalue weighted by Gasteiger charge is 2.28. The number of nitro benzene ring substituents is 2. The number of ether oxygens (including phenoxy) is 1. The molecule has 2 aromatic rings. The van der Waals surface area contributed by atoms with Crippen molar-refractivity contribution >= 4 is 31.4 Å². The van der Waals surface area contributed by atoms with E-state index in [1.165, 1.54) is 0 Å². The third-order valence-electron chi connectivity index (χ3n) is 4.15. The van der Waals surface area contributed by atoms with Crippen molar-refractivity contribution in [1.29, 1.82) is 0 Å². The van der Waals surface area contributed by atoms with Crippen LogP contribution in [0.2, 0.25) is 0 Å². The summed E-state index contributed by atoms with van der Waals surface area (Å²) in [6.45, 7) is 3.51. The number of nitro groups is 2. The van der Waals surface area contributed by atoms with Crippen LogP contribution in [0.4, 0.5) is 11.4 Å². The van der Waals surface area contributed by atoms with Gasteiger partial charge in [0, 0.05) is 25.2 Å². The predicted octanol–water partition coefficient (Wildman–Crippen LogP) is 1.97. The molecular formula is C16H18N4O9S2. The molecule has 0 spiro atoms.